The third kappa shape index (κ3) is 4.10. The SMILES string of the molecule is c1cc(SCCCNC2CCCC2)ncn1. The molecule has 1 fully saturated rings. The second kappa shape index (κ2) is 6.86. The Bertz CT molecular complexity index is 286. The van der Waals surface area contributed by atoms with Crippen molar-refractivity contribution in [3.8, 4) is 0 Å². The molecule has 1 aliphatic carbocycles. The number of aromatic nitrogens is 2. The minimum absolute atomic E-state index is 0.795. The molecule has 0 spiro atoms. The van der Waals surface area contributed by atoms with E-state index in [4.69, 9.17) is 0 Å². The van der Waals surface area contributed by atoms with Crippen LogP contribution in [0.25, 0.3) is 0 Å². The Balaban J connectivity index is 1.52. The van der Waals surface area contributed by atoms with Gasteiger partial charge in [-0.25, -0.2) is 9.97 Å². The van der Waals surface area contributed by atoms with Crippen LogP contribution in [0.3, 0.4) is 0 Å². The van der Waals surface area contributed by atoms with E-state index in [1.54, 1.807) is 12.5 Å². The topological polar surface area (TPSA) is 37.8 Å². The van der Waals surface area contributed by atoms with Crippen molar-refractivity contribution < 1.29 is 0 Å². The molecule has 0 unspecified atom stereocenters. The van der Waals surface area contributed by atoms with Gasteiger partial charge in [0.2, 0.25) is 0 Å². The molecule has 1 saturated carbocycles. The Labute approximate surface area is 101 Å². The van der Waals surface area contributed by atoms with Gasteiger partial charge in [0.25, 0.3) is 0 Å². The first-order chi connectivity index (χ1) is 7.95. The molecule has 88 valence electrons. The fourth-order valence-corrected chi connectivity index (χ4v) is 2.83. The van der Waals surface area contributed by atoms with Crippen LogP contribution in [0.4, 0.5) is 0 Å². The predicted molar refractivity (Wildman–Crippen MR) is 67.6 cm³/mol. The van der Waals surface area contributed by atoms with Gasteiger partial charge in [-0.15, -0.1) is 11.8 Å². The zero-order valence-corrected chi connectivity index (χ0v) is 10.4. The molecule has 0 aromatic carbocycles. The van der Waals surface area contributed by atoms with E-state index in [1.165, 1.54) is 32.1 Å². The number of nitrogens with zero attached hydrogens (tertiary/aromatic N) is 2. The third-order valence-corrected chi connectivity index (χ3v) is 3.94. The minimum atomic E-state index is 0.795. The third-order valence-electron chi connectivity index (χ3n) is 2.91. The highest BCUT2D eigenvalue weighted by molar-refractivity contribution is 7.99. The highest BCUT2D eigenvalue weighted by Gasteiger charge is 2.12. The average Bonchev–Trinajstić information content (AvgIpc) is 2.83. The van der Waals surface area contributed by atoms with Crippen molar-refractivity contribution in [3.05, 3.63) is 18.6 Å². The number of hydrogen-bond donors (Lipinski definition) is 1. The summed E-state index contributed by atoms with van der Waals surface area (Å²) in [7, 11) is 0. The highest BCUT2D eigenvalue weighted by atomic mass is 32.2. The maximum Gasteiger partial charge on any atom is 0.116 e. The van der Waals surface area contributed by atoms with Crippen LogP contribution >= 0.6 is 11.8 Å². The van der Waals surface area contributed by atoms with Gasteiger partial charge < -0.3 is 5.32 Å². The molecule has 4 heteroatoms. The summed E-state index contributed by atoms with van der Waals surface area (Å²) in [6, 6.07) is 2.76. The van der Waals surface area contributed by atoms with Crippen LogP contribution in [-0.2, 0) is 0 Å². The standard InChI is InChI=1S/C12H19N3S/c1-2-5-11(4-1)14-7-3-9-16-12-6-8-13-10-15-12/h6,8,10-11,14H,1-5,7,9H2. The van der Waals surface area contributed by atoms with Crippen molar-refractivity contribution in [1.82, 2.24) is 15.3 Å². The molecular formula is C12H19N3S. The van der Waals surface area contributed by atoms with Gasteiger partial charge in [0.15, 0.2) is 0 Å². The fourth-order valence-electron chi connectivity index (χ4n) is 2.05. The normalized spacial score (nSPS) is 16.8. The van der Waals surface area contributed by atoms with Crippen molar-refractivity contribution >= 4 is 11.8 Å². The summed E-state index contributed by atoms with van der Waals surface area (Å²) >= 11 is 1.81. The lowest BCUT2D eigenvalue weighted by Gasteiger charge is -2.10. The van der Waals surface area contributed by atoms with Crippen LogP contribution in [0, 0.1) is 0 Å². The van der Waals surface area contributed by atoms with Crippen molar-refractivity contribution in [1.29, 1.82) is 0 Å². The van der Waals surface area contributed by atoms with Crippen molar-refractivity contribution in [2.24, 2.45) is 0 Å². The molecule has 1 aromatic heterocycles. The lowest BCUT2D eigenvalue weighted by molar-refractivity contribution is 0.524. The van der Waals surface area contributed by atoms with Gasteiger partial charge >= 0.3 is 0 Å². The molecule has 3 nitrogen and oxygen atoms in total. The van der Waals surface area contributed by atoms with Crippen molar-refractivity contribution in [2.45, 2.75) is 43.2 Å². The van der Waals surface area contributed by atoms with Crippen molar-refractivity contribution in [3.63, 3.8) is 0 Å². The maximum absolute atomic E-state index is 4.19. The Kier molecular flexibility index (Phi) is 5.09. The molecule has 0 bridgehead atoms. The summed E-state index contributed by atoms with van der Waals surface area (Å²) in [5.74, 6) is 1.14. The smallest absolute Gasteiger partial charge is 0.116 e. The quantitative estimate of drug-likeness (QED) is 0.468. The summed E-state index contributed by atoms with van der Waals surface area (Å²) in [6.07, 6.45) is 10.2. The van der Waals surface area contributed by atoms with Crippen LogP contribution in [0.5, 0.6) is 0 Å². The maximum atomic E-state index is 4.19. The Morgan fingerprint density at radius 3 is 3.00 bits per heavy atom. The summed E-state index contributed by atoms with van der Waals surface area (Å²) in [5, 5.41) is 4.70. The zero-order valence-electron chi connectivity index (χ0n) is 9.56. The van der Waals surface area contributed by atoms with E-state index in [2.05, 4.69) is 15.3 Å². The summed E-state index contributed by atoms with van der Waals surface area (Å²) < 4.78 is 0. The lowest BCUT2D eigenvalue weighted by atomic mass is 10.2. The molecule has 2 rings (SSSR count). The van der Waals surface area contributed by atoms with E-state index < -0.39 is 0 Å². The molecule has 16 heavy (non-hydrogen) atoms. The van der Waals surface area contributed by atoms with Crippen LogP contribution in [0.2, 0.25) is 0 Å². The van der Waals surface area contributed by atoms with Gasteiger partial charge in [0, 0.05) is 18.0 Å². The molecule has 0 atom stereocenters. The Morgan fingerprint density at radius 1 is 1.38 bits per heavy atom. The van der Waals surface area contributed by atoms with E-state index in [9.17, 15) is 0 Å². The van der Waals surface area contributed by atoms with E-state index in [0.29, 0.717) is 0 Å². The molecular weight excluding hydrogens is 218 g/mol. The fraction of sp³-hybridized carbons (Fsp3) is 0.667. The number of rotatable bonds is 6. The van der Waals surface area contributed by atoms with Gasteiger partial charge in [-0.2, -0.15) is 0 Å². The van der Waals surface area contributed by atoms with Crippen LogP contribution in [0.15, 0.2) is 23.6 Å². The summed E-state index contributed by atoms with van der Waals surface area (Å²) in [5.41, 5.74) is 0. The molecule has 0 aliphatic heterocycles. The monoisotopic (exact) mass is 237 g/mol. The lowest BCUT2D eigenvalue weighted by Crippen LogP contribution is -2.27. The zero-order chi connectivity index (χ0) is 11.1. The molecule has 0 amide bonds. The molecule has 0 saturated heterocycles. The van der Waals surface area contributed by atoms with Gasteiger partial charge in [-0.1, -0.05) is 12.8 Å². The molecule has 1 N–H and O–H groups in total. The first-order valence-electron chi connectivity index (χ1n) is 6.07. The molecule has 1 aromatic rings. The molecule has 1 heterocycles. The van der Waals surface area contributed by atoms with Gasteiger partial charge in [0.05, 0.1) is 5.03 Å². The number of nitrogens with one attached hydrogen (secondary N) is 1. The van der Waals surface area contributed by atoms with Gasteiger partial charge in [0.1, 0.15) is 6.33 Å². The first kappa shape index (κ1) is 11.9. The van der Waals surface area contributed by atoms with E-state index in [0.717, 1.165) is 23.4 Å². The number of thioether (sulfide) groups is 1. The Morgan fingerprint density at radius 2 is 2.25 bits per heavy atom. The predicted octanol–water partition coefficient (Wildman–Crippen LogP) is 2.49. The van der Waals surface area contributed by atoms with E-state index in [-0.39, 0.29) is 0 Å². The van der Waals surface area contributed by atoms with E-state index in [1.807, 2.05) is 17.8 Å². The average molecular weight is 237 g/mol. The highest BCUT2D eigenvalue weighted by Crippen LogP contribution is 2.18. The number of hydrogen-bond acceptors (Lipinski definition) is 4. The first-order valence-corrected chi connectivity index (χ1v) is 7.06. The van der Waals surface area contributed by atoms with Gasteiger partial charge in [-0.3, -0.25) is 0 Å². The Hall–Kier alpha value is -0.610. The van der Waals surface area contributed by atoms with Crippen LogP contribution in [-0.4, -0.2) is 28.3 Å². The van der Waals surface area contributed by atoms with Crippen LogP contribution in [0.1, 0.15) is 32.1 Å². The van der Waals surface area contributed by atoms with Crippen molar-refractivity contribution in [2.75, 3.05) is 12.3 Å². The largest absolute Gasteiger partial charge is 0.314 e. The minimum Gasteiger partial charge on any atom is -0.314 e. The second-order valence-corrected chi connectivity index (χ2v) is 5.30. The van der Waals surface area contributed by atoms with E-state index >= 15 is 0 Å². The molecule has 0 radical (unpaired) electrons. The molecule has 1 aliphatic rings. The van der Waals surface area contributed by atoms with Crippen LogP contribution < -0.4 is 5.32 Å². The summed E-state index contributed by atoms with van der Waals surface area (Å²) in [6.45, 7) is 1.14. The second-order valence-electron chi connectivity index (χ2n) is 4.19. The van der Waals surface area contributed by atoms with Gasteiger partial charge in [-0.05, 0) is 31.9 Å². The summed E-state index contributed by atoms with van der Waals surface area (Å²) in [4.78, 5) is 8.09.